The normalized spacial score (nSPS) is 22.0. The second-order valence-corrected chi connectivity index (χ2v) is 7.72. The van der Waals surface area contributed by atoms with Crippen molar-refractivity contribution in [1.82, 2.24) is 10.2 Å². The van der Waals surface area contributed by atoms with Crippen molar-refractivity contribution in [2.45, 2.75) is 24.1 Å². The van der Waals surface area contributed by atoms with E-state index < -0.39 is 35.2 Å². The van der Waals surface area contributed by atoms with E-state index >= 15 is 0 Å². The number of carbonyl (C=O) groups is 3. The van der Waals surface area contributed by atoms with Crippen molar-refractivity contribution in [3.63, 3.8) is 0 Å². The van der Waals surface area contributed by atoms with Crippen molar-refractivity contribution in [3.8, 4) is 5.75 Å². The van der Waals surface area contributed by atoms with E-state index in [1.165, 1.54) is 37.1 Å². The number of carboxylic acids is 1. The summed E-state index contributed by atoms with van der Waals surface area (Å²) in [4.78, 5) is 37.8. The van der Waals surface area contributed by atoms with Gasteiger partial charge in [-0.15, -0.1) is 11.8 Å². The topological polar surface area (TPSA) is 162 Å². The molecule has 2 heterocycles. The number of thioether (sulfide) groups is 1. The molecule has 0 bridgehead atoms. The number of ether oxygens (including phenoxy) is 1. The van der Waals surface area contributed by atoms with Gasteiger partial charge in [-0.1, -0.05) is 12.1 Å². The SMILES string of the molecule is COCC1=C(C(=O)O)N2C(=O)C(NC(=O)[C@H](N)c3ccc(CO)c(O)c3)[C@@H]2SC1. The van der Waals surface area contributed by atoms with Crippen molar-refractivity contribution in [1.29, 1.82) is 0 Å². The second-order valence-electron chi connectivity index (χ2n) is 6.61. The van der Waals surface area contributed by atoms with Gasteiger partial charge in [-0.05, 0) is 17.2 Å². The van der Waals surface area contributed by atoms with Gasteiger partial charge >= 0.3 is 5.97 Å². The first-order valence-electron chi connectivity index (χ1n) is 8.67. The third kappa shape index (κ3) is 3.81. The Kier molecular flexibility index (Phi) is 6.13. The maximum absolute atomic E-state index is 12.5. The van der Waals surface area contributed by atoms with Crippen molar-refractivity contribution < 1.29 is 34.4 Å². The van der Waals surface area contributed by atoms with E-state index in [9.17, 15) is 24.6 Å². The van der Waals surface area contributed by atoms with Crippen LogP contribution in [-0.2, 0) is 25.7 Å². The van der Waals surface area contributed by atoms with Gasteiger partial charge in [-0.2, -0.15) is 0 Å². The van der Waals surface area contributed by atoms with E-state index in [0.29, 0.717) is 22.5 Å². The number of nitrogens with one attached hydrogen (secondary N) is 1. The first kappa shape index (κ1) is 21.1. The average Bonchev–Trinajstić information content (AvgIpc) is 2.70. The Morgan fingerprint density at radius 2 is 2.17 bits per heavy atom. The Bertz CT molecular complexity index is 888. The molecular formula is C18H21N3O7S. The van der Waals surface area contributed by atoms with Crippen LogP contribution < -0.4 is 11.1 Å². The van der Waals surface area contributed by atoms with E-state index in [1.807, 2.05) is 0 Å². The van der Waals surface area contributed by atoms with Crippen molar-refractivity contribution >= 4 is 29.5 Å². The number of aromatic hydroxyl groups is 1. The maximum atomic E-state index is 12.5. The summed E-state index contributed by atoms with van der Waals surface area (Å²) in [7, 11) is 1.44. The van der Waals surface area contributed by atoms with Crippen LogP contribution in [0.1, 0.15) is 17.2 Å². The number of carbonyl (C=O) groups excluding carboxylic acids is 2. The van der Waals surface area contributed by atoms with E-state index in [1.54, 1.807) is 0 Å². The zero-order valence-corrected chi connectivity index (χ0v) is 16.3. The molecule has 1 unspecified atom stereocenters. The van der Waals surface area contributed by atoms with Crippen LogP contribution >= 0.6 is 11.8 Å². The number of fused-ring (bicyclic) bond motifs is 1. The van der Waals surface area contributed by atoms with Gasteiger partial charge in [-0.25, -0.2) is 4.79 Å². The minimum atomic E-state index is -1.23. The number of carboxylic acid groups (broad SMARTS) is 1. The number of aliphatic carboxylic acids is 1. The van der Waals surface area contributed by atoms with E-state index in [2.05, 4.69) is 5.32 Å². The number of β-lactam (4-membered cyclic amide) rings is 1. The Balaban J connectivity index is 1.72. The number of rotatable bonds is 7. The molecule has 0 aliphatic carbocycles. The van der Waals surface area contributed by atoms with E-state index in [4.69, 9.17) is 15.6 Å². The highest BCUT2D eigenvalue weighted by atomic mass is 32.2. The number of benzene rings is 1. The number of aliphatic hydroxyl groups excluding tert-OH is 1. The second kappa shape index (κ2) is 8.41. The summed E-state index contributed by atoms with van der Waals surface area (Å²) in [5.74, 6) is -2.23. The fourth-order valence-corrected chi connectivity index (χ4v) is 4.60. The smallest absolute Gasteiger partial charge is 0.352 e. The molecule has 3 atom stereocenters. The number of phenols is 1. The molecule has 1 fully saturated rings. The van der Waals surface area contributed by atoms with Crippen LogP contribution in [0.2, 0.25) is 0 Å². The lowest BCUT2D eigenvalue weighted by Crippen LogP contribution is -2.71. The molecule has 1 aromatic carbocycles. The summed E-state index contributed by atoms with van der Waals surface area (Å²) in [5.41, 5.74) is 6.93. The number of nitrogens with zero attached hydrogens (tertiary/aromatic N) is 1. The third-order valence-corrected chi connectivity index (χ3v) is 6.13. The molecule has 156 valence electrons. The van der Waals surface area contributed by atoms with Gasteiger partial charge in [0.25, 0.3) is 5.91 Å². The van der Waals surface area contributed by atoms with Crippen LogP contribution in [0.3, 0.4) is 0 Å². The molecule has 2 aliphatic rings. The first-order valence-corrected chi connectivity index (χ1v) is 9.72. The minimum Gasteiger partial charge on any atom is -0.508 e. The summed E-state index contributed by atoms with van der Waals surface area (Å²) in [6, 6.07) is 2.18. The Morgan fingerprint density at radius 3 is 2.76 bits per heavy atom. The van der Waals surface area contributed by atoms with Gasteiger partial charge in [-0.3, -0.25) is 14.5 Å². The number of amides is 2. The van der Waals surface area contributed by atoms with Gasteiger partial charge in [0.15, 0.2) is 0 Å². The summed E-state index contributed by atoms with van der Waals surface area (Å²) >= 11 is 1.33. The van der Waals surface area contributed by atoms with Gasteiger partial charge in [0.1, 0.15) is 28.9 Å². The van der Waals surface area contributed by atoms with Gasteiger partial charge < -0.3 is 31.1 Å². The highest BCUT2D eigenvalue weighted by molar-refractivity contribution is 8.00. The summed E-state index contributed by atoms with van der Waals surface area (Å²) in [6.07, 6.45) is 0. The number of hydrogen-bond acceptors (Lipinski definition) is 8. The Morgan fingerprint density at radius 1 is 1.45 bits per heavy atom. The maximum Gasteiger partial charge on any atom is 0.352 e. The van der Waals surface area contributed by atoms with Crippen molar-refractivity contribution in [2.24, 2.45) is 5.73 Å². The van der Waals surface area contributed by atoms with Crippen LogP contribution in [0, 0.1) is 0 Å². The van der Waals surface area contributed by atoms with Crippen LogP contribution in [0.25, 0.3) is 0 Å². The minimum absolute atomic E-state index is 0.0976. The highest BCUT2D eigenvalue weighted by Gasteiger charge is 2.54. The lowest BCUT2D eigenvalue weighted by molar-refractivity contribution is -0.151. The molecule has 10 nitrogen and oxygen atoms in total. The average molecular weight is 423 g/mol. The molecule has 0 aromatic heterocycles. The highest BCUT2D eigenvalue weighted by Crippen LogP contribution is 2.40. The molecule has 0 radical (unpaired) electrons. The lowest BCUT2D eigenvalue weighted by Gasteiger charge is -2.49. The van der Waals surface area contributed by atoms with E-state index in [0.717, 1.165) is 4.90 Å². The van der Waals surface area contributed by atoms with Crippen LogP contribution in [0.4, 0.5) is 0 Å². The molecule has 0 spiro atoms. The molecule has 6 N–H and O–H groups in total. The molecule has 11 heteroatoms. The zero-order valence-electron chi connectivity index (χ0n) is 15.5. The molecule has 3 rings (SSSR count). The molecule has 1 aromatic rings. The molecule has 0 saturated carbocycles. The Labute approximate surface area is 170 Å². The molecule has 2 amide bonds. The largest absolute Gasteiger partial charge is 0.508 e. The Hall–Kier alpha value is -2.60. The monoisotopic (exact) mass is 423 g/mol. The molecule has 29 heavy (non-hydrogen) atoms. The number of aliphatic hydroxyl groups is 1. The molecule has 2 aliphatic heterocycles. The number of nitrogens with two attached hydrogens (primary N) is 1. The molecular weight excluding hydrogens is 402 g/mol. The standard InChI is InChI=1S/C18H21N3O7S/c1-28-6-10-7-29-17-13(16(25)21(17)14(10)18(26)27)20-15(24)12(19)8-2-3-9(5-22)11(23)4-8/h2-4,12-13,17,22-23H,5-7,19H2,1H3,(H,20,24)(H,26,27)/t12-,13?,17+/m1/s1. The van der Waals surface area contributed by atoms with Crippen molar-refractivity contribution in [2.75, 3.05) is 19.5 Å². The summed E-state index contributed by atoms with van der Waals surface area (Å²) in [6.45, 7) is -0.260. The zero-order chi connectivity index (χ0) is 21.3. The summed E-state index contributed by atoms with van der Waals surface area (Å²) < 4.78 is 5.01. The third-order valence-electron chi connectivity index (χ3n) is 4.79. The fraction of sp³-hybridized carbons (Fsp3) is 0.389. The van der Waals surface area contributed by atoms with E-state index in [-0.39, 0.29) is 24.7 Å². The van der Waals surface area contributed by atoms with Gasteiger partial charge in [0.2, 0.25) is 5.91 Å². The molecule has 1 saturated heterocycles. The quantitative estimate of drug-likeness (QED) is 0.356. The van der Waals surface area contributed by atoms with Crippen LogP contribution in [-0.4, -0.2) is 68.9 Å². The van der Waals surface area contributed by atoms with Gasteiger partial charge in [0, 0.05) is 18.4 Å². The fourth-order valence-electron chi connectivity index (χ4n) is 3.27. The summed E-state index contributed by atoms with van der Waals surface area (Å²) in [5, 5.41) is 30.4. The predicted molar refractivity (Wildman–Crippen MR) is 103 cm³/mol. The van der Waals surface area contributed by atoms with Crippen LogP contribution in [0.5, 0.6) is 5.75 Å². The lowest BCUT2D eigenvalue weighted by atomic mass is 10.0. The predicted octanol–water partition coefficient (Wildman–Crippen LogP) is -0.731. The number of hydrogen-bond donors (Lipinski definition) is 5. The van der Waals surface area contributed by atoms with Gasteiger partial charge in [0.05, 0.1) is 13.2 Å². The number of methoxy groups -OCH3 is 1. The van der Waals surface area contributed by atoms with Crippen molar-refractivity contribution in [3.05, 3.63) is 40.6 Å². The van der Waals surface area contributed by atoms with Crippen LogP contribution in [0.15, 0.2) is 29.5 Å². The first-order chi connectivity index (χ1) is 13.8.